The minimum absolute atomic E-state index is 0.0324. The van der Waals surface area contributed by atoms with Crippen LogP contribution in [0.25, 0.3) is 0 Å². The molecule has 0 fully saturated rings. The van der Waals surface area contributed by atoms with Crippen molar-refractivity contribution in [3.8, 4) is 0 Å². The fourth-order valence-corrected chi connectivity index (χ4v) is 3.91. The fraction of sp³-hybridized carbons (Fsp3) is 0.500. The first-order chi connectivity index (χ1) is 9.82. The summed E-state index contributed by atoms with van der Waals surface area (Å²) in [5.74, 6) is -1.01. The molecule has 0 spiro atoms. The lowest BCUT2D eigenvalue weighted by Gasteiger charge is -2.33. The number of aryl methyl sites for hydroxylation is 2. The summed E-state index contributed by atoms with van der Waals surface area (Å²) < 4.78 is 27.7. The first-order valence-corrected chi connectivity index (χ1v) is 8.27. The fourth-order valence-electron chi connectivity index (χ4n) is 2.47. The van der Waals surface area contributed by atoms with Crippen molar-refractivity contribution in [2.24, 2.45) is 0 Å². The summed E-state index contributed by atoms with van der Waals surface area (Å²) in [6.07, 6.45) is 1.43. The van der Waals surface area contributed by atoms with Crippen molar-refractivity contribution in [2.45, 2.75) is 26.2 Å². The summed E-state index contributed by atoms with van der Waals surface area (Å²) in [5, 5.41) is 8.69. The van der Waals surface area contributed by atoms with Gasteiger partial charge in [0, 0.05) is 20.1 Å². The van der Waals surface area contributed by atoms with Crippen LogP contribution in [0.1, 0.15) is 24.0 Å². The van der Waals surface area contributed by atoms with E-state index in [0.717, 1.165) is 28.3 Å². The SMILES string of the molecule is Cc1ccc2c(c1)CCCN2S(=O)(=O)N(C)CCC(=O)O. The van der Waals surface area contributed by atoms with E-state index in [-0.39, 0.29) is 13.0 Å². The highest BCUT2D eigenvalue weighted by Crippen LogP contribution is 2.30. The maximum Gasteiger partial charge on any atom is 0.304 e. The monoisotopic (exact) mass is 312 g/mol. The largest absolute Gasteiger partial charge is 0.481 e. The molecule has 0 aliphatic carbocycles. The average molecular weight is 312 g/mol. The predicted molar refractivity (Wildman–Crippen MR) is 80.6 cm³/mol. The Hall–Kier alpha value is -1.60. The molecule has 116 valence electrons. The zero-order valence-electron chi connectivity index (χ0n) is 12.2. The van der Waals surface area contributed by atoms with Crippen molar-refractivity contribution in [3.63, 3.8) is 0 Å². The Labute approximate surface area is 125 Å². The molecule has 21 heavy (non-hydrogen) atoms. The summed E-state index contributed by atoms with van der Waals surface area (Å²) in [5.41, 5.74) is 2.83. The highest BCUT2D eigenvalue weighted by atomic mass is 32.2. The lowest BCUT2D eigenvalue weighted by Crippen LogP contribution is -2.45. The molecule has 1 aliphatic heterocycles. The molecule has 0 saturated heterocycles. The van der Waals surface area contributed by atoms with Crippen LogP contribution in [0, 0.1) is 6.92 Å². The minimum atomic E-state index is -3.68. The first-order valence-electron chi connectivity index (χ1n) is 6.87. The van der Waals surface area contributed by atoms with E-state index in [2.05, 4.69) is 0 Å². The normalized spacial score (nSPS) is 15.1. The molecule has 7 heteroatoms. The van der Waals surface area contributed by atoms with Crippen LogP contribution in [0.4, 0.5) is 5.69 Å². The molecule has 0 atom stereocenters. The van der Waals surface area contributed by atoms with Gasteiger partial charge in [0.15, 0.2) is 0 Å². The van der Waals surface area contributed by atoms with Gasteiger partial charge in [0.05, 0.1) is 12.1 Å². The Morgan fingerprint density at radius 1 is 1.43 bits per heavy atom. The minimum Gasteiger partial charge on any atom is -0.481 e. The molecule has 1 aromatic rings. The number of carboxylic acid groups (broad SMARTS) is 1. The van der Waals surface area contributed by atoms with Gasteiger partial charge < -0.3 is 5.11 Å². The molecular formula is C14H20N2O4S. The lowest BCUT2D eigenvalue weighted by molar-refractivity contribution is -0.137. The van der Waals surface area contributed by atoms with Gasteiger partial charge in [-0.1, -0.05) is 17.7 Å². The zero-order chi connectivity index (χ0) is 15.6. The van der Waals surface area contributed by atoms with Crippen LogP contribution >= 0.6 is 0 Å². The van der Waals surface area contributed by atoms with E-state index >= 15 is 0 Å². The van der Waals surface area contributed by atoms with Gasteiger partial charge in [-0.05, 0) is 31.4 Å². The number of benzene rings is 1. The molecule has 6 nitrogen and oxygen atoms in total. The molecule has 1 aliphatic rings. The van der Waals surface area contributed by atoms with Crippen LogP contribution in [0.15, 0.2) is 18.2 Å². The number of nitrogens with zero attached hydrogens (tertiary/aromatic N) is 2. The second-order valence-electron chi connectivity index (χ2n) is 5.28. The van der Waals surface area contributed by atoms with Crippen LogP contribution < -0.4 is 4.31 Å². The van der Waals surface area contributed by atoms with Crippen LogP contribution in [-0.2, 0) is 21.4 Å². The second kappa shape index (κ2) is 6.03. The number of fused-ring (bicyclic) bond motifs is 1. The zero-order valence-corrected chi connectivity index (χ0v) is 13.1. The van der Waals surface area contributed by atoms with Crippen LogP contribution in [0.5, 0.6) is 0 Å². The summed E-state index contributed by atoms with van der Waals surface area (Å²) >= 11 is 0. The third-order valence-corrected chi connectivity index (χ3v) is 5.53. The van der Waals surface area contributed by atoms with Gasteiger partial charge in [-0.15, -0.1) is 0 Å². The standard InChI is InChI=1S/C14H20N2O4S/c1-11-5-6-13-12(10-11)4-3-8-16(13)21(19,20)15(2)9-7-14(17)18/h5-6,10H,3-4,7-9H2,1-2H3,(H,17,18). The molecule has 2 rings (SSSR count). The number of carboxylic acids is 1. The predicted octanol–water partition coefficient (Wildman–Crippen LogP) is 1.40. The Morgan fingerprint density at radius 2 is 2.14 bits per heavy atom. The average Bonchev–Trinajstić information content (AvgIpc) is 2.43. The van der Waals surface area contributed by atoms with Gasteiger partial charge in [-0.25, -0.2) is 0 Å². The molecule has 0 unspecified atom stereocenters. The molecule has 0 saturated carbocycles. The van der Waals surface area contributed by atoms with Gasteiger partial charge >= 0.3 is 16.2 Å². The summed E-state index contributed by atoms with van der Waals surface area (Å²) in [6.45, 7) is 2.37. The van der Waals surface area contributed by atoms with E-state index in [1.807, 2.05) is 25.1 Å². The quantitative estimate of drug-likeness (QED) is 0.891. The number of aliphatic carboxylic acids is 1. The Balaban J connectivity index is 2.28. The Kier molecular flexibility index (Phi) is 4.53. The molecular weight excluding hydrogens is 292 g/mol. The molecule has 1 aromatic carbocycles. The van der Waals surface area contributed by atoms with Crippen molar-refractivity contribution in [1.29, 1.82) is 0 Å². The van der Waals surface area contributed by atoms with Crippen molar-refractivity contribution in [1.82, 2.24) is 4.31 Å². The van der Waals surface area contributed by atoms with Gasteiger partial charge in [-0.3, -0.25) is 9.10 Å². The molecule has 0 amide bonds. The van der Waals surface area contributed by atoms with Crippen LogP contribution in [-0.4, -0.2) is 43.9 Å². The highest BCUT2D eigenvalue weighted by molar-refractivity contribution is 7.90. The maximum atomic E-state index is 12.6. The van der Waals surface area contributed by atoms with Crippen molar-refractivity contribution in [3.05, 3.63) is 29.3 Å². The number of rotatable bonds is 5. The van der Waals surface area contributed by atoms with Crippen molar-refractivity contribution < 1.29 is 18.3 Å². The molecule has 0 radical (unpaired) electrons. The van der Waals surface area contributed by atoms with E-state index in [9.17, 15) is 13.2 Å². The molecule has 0 bridgehead atoms. The van der Waals surface area contributed by atoms with E-state index in [0.29, 0.717) is 12.2 Å². The van der Waals surface area contributed by atoms with E-state index < -0.39 is 16.2 Å². The van der Waals surface area contributed by atoms with Gasteiger partial charge in [0.2, 0.25) is 0 Å². The molecule has 0 aromatic heterocycles. The molecule has 1 heterocycles. The number of hydrogen-bond acceptors (Lipinski definition) is 3. The maximum absolute atomic E-state index is 12.6. The third kappa shape index (κ3) is 3.36. The van der Waals surface area contributed by atoms with Crippen molar-refractivity contribution >= 4 is 21.9 Å². The number of anilines is 1. The lowest BCUT2D eigenvalue weighted by atomic mass is 10.0. The molecule has 1 N–H and O–H groups in total. The van der Waals surface area contributed by atoms with E-state index in [1.54, 1.807) is 0 Å². The van der Waals surface area contributed by atoms with Crippen molar-refractivity contribution in [2.75, 3.05) is 24.4 Å². The van der Waals surface area contributed by atoms with Gasteiger partial charge in [0.25, 0.3) is 0 Å². The Bertz CT molecular complexity index is 642. The summed E-state index contributed by atoms with van der Waals surface area (Å²) in [6, 6.07) is 5.73. The van der Waals surface area contributed by atoms with E-state index in [1.165, 1.54) is 11.4 Å². The second-order valence-corrected chi connectivity index (χ2v) is 7.24. The number of carbonyl (C=O) groups is 1. The third-order valence-electron chi connectivity index (χ3n) is 3.62. The number of hydrogen-bond donors (Lipinski definition) is 1. The highest BCUT2D eigenvalue weighted by Gasteiger charge is 2.30. The Morgan fingerprint density at radius 3 is 2.81 bits per heavy atom. The summed E-state index contributed by atoms with van der Waals surface area (Å²) in [7, 11) is -2.26. The first kappa shape index (κ1) is 15.8. The summed E-state index contributed by atoms with van der Waals surface area (Å²) in [4.78, 5) is 10.6. The van der Waals surface area contributed by atoms with E-state index in [4.69, 9.17) is 5.11 Å². The van der Waals surface area contributed by atoms with Crippen LogP contribution in [0.2, 0.25) is 0 Å². The van der Waals surface area contributed by atoms with Gasteiger partial charge in [0.1, 0.15) is 0 Å². The topological polar surface area (TPSA) is 77.9 Å². The smallest absolute Gasteiger partial charge is 0.304 e. The van der Waals surface area contributed by atoms with Gasteiger partial charge in [-0.2, -0.15) is 12.7 Å². The van der Waals surface area contributed by atoms with Crippen LogP contribution in [0.3, 0.4) is 0 Å².